The Hall–Kier alpha value is -5.72. The summed E-state index contributed by atoms with van der Waals surface area (Å²) in [6, 6.07) is 62.5. The van der Waals surface area contributed by atoms with E-state index in [4.69, 9.17) is 0 Å². The predicted octanol–water partition coefficient (Wildman–Crippen LogP) is 12.5. The number of hydrogen-bond acceptors (Lipinski definition) is 0. The highest BCUT2D eigenvalue weighted by atomic mass is 14.2. The highest BCUT2D eigenvalue weighted by Gasteiger charge is 2.19. The first-order valence-electron chi connectivity index (χ1n) is 15.3. The third-order valence-electron chi connectivity index (χ3n) is 9.18. The summed E-state index contributed by atoms with van der Waals surface area (Å²) >= 11 is 0. The van der Waals surface area contributed by atoms with Gasteiger partial charge in [0, 0.05) is 0 Å². The van der Waals surface area contributed by atoms with Crippen molar-refractivity contribution in [2.75, 3.05) is 0 Å². The van der Waals surface area contributed by atoms with Crippen LogP contribution in [0.25, 0.3) is 87.2 Å². The molecule has 0 saturated heterocycles. The summed E-state index contributed by atoms with van der Waals surface area (Å²) in [6.07, 6.45) is 0. The molecular weight excluding hydrogens is 528 g/mol. The monoisotopic (exact) mass is 556 g/mol. The molecule has 204 valence electrons. The van der Waals surface area contributed by atoms with E-state index in [1.165, 1.54) is 87.2 Å². The van der Waals surface area contributed by atoms with Crippen LogP contribution in [0, 0.1) is 0 Å². The van der Waals surface area contributed by atoms with Crippen LogP contribution in [0.2, 0.25) is 0 Å². The van der Waals surface area contributed by atoms with Crippen LogP contribution in [0.3, 0.4) is 0 Å². The number of benzene rings is 9. The second kappa shape index (κ2) is 9.93. The van der Waals surface area contributed by atoms with Gasteiger partial charge < -0.3 is 0 Å². The molecule has 0 amide bonds. The van der Waals surface area contributed by atoms with E-state index in [9.17, 15) is 0 Å². The van der Waals surface area contributed by atoms with Gasteiger partial charge in [-0.25, -0.2) is 0 Å². The van der Waals surface area contributed by atoms with Crippen molar-refractivity contribution in [2.24, 2.45) is 0 Å². The molecule has 0 aliphatic carbocycles. The fourth-order valence-electron chi connectivity index (χ4n) is 7.12. The SMILES string of the molecule is c1ccc(-c2ccccc2-c2c(-c3cccc4ccc5cc6ccccc6cc5c34)ccc3cc4ccccc4cc23)cc1. The van der Waals surface area contributed by atoms with Crippen molar-refractivity contribution >= 4 is 53.9 Å². The Kier molecular flexibility index (Phi) is 5.61. The summed E-state index contributed by atoms with van der Waals surface area (Å²) in [7, 11) is 0. The van der Waals surface area contributed by atoms with Crippen LogP contribution >= 0.6 is 0 Å². The Morgan fingerprint density at radius 3 is 1.48 bits per heavy atom. The quantitative estimate of drug-likeness (QED) is 0.150. The zero-order chi connectivity index (χ0) is 29.0. The average molecular weight is 557 g/mol. The van der Waals surface area contributed by atoms with Crippen LogP contribution in [-0.2, 0) is 0 Å². The lowest BCUT2D eigenvalue weighted by molar-refractivity contribution is 1.59. The summed E-state index contributed by atoms with van der Waals surface area (Å²) in [5, 5.41) is 12.7. The van der Waals surface area contributed by atoms with E-state index in [-0.39, 0.29) is 0 Å². The van der Waals surface area contributed by atoms with Crippen molar-refractivity contribution in [3.05, 3.63) is 170 Å². The first-order valence-corrected chi connectivity index (χ1v) is 15.3. The minimum atomic E-state index is 1.22. The molecule has 0 bridgehead atoms. The van der Waals surface area contributed by atoms with E-state index in [1.54, 1.807) is 0 Å². The minimum Gasteiger partial charge on any atom is -0.0622 e. The molecule has 44 heavy (non-hydrogen) atoms. The Balaban J connectivity index is 1.44. The highest BCUT2D eigenvalue weighted by Crippen LogP contribution is 2.46. The van der Waals surface area contributed by atoms with Gasteiger partial charge >= 0.3 is 0 Å². The van der Waals surface area contributed by atoms with Crippen molar-refractivity contribution in [1.82, 2.24) is 0 Å². The lowest BCUT2D eigenvalue weighted by Gasteiger charge is -2.20. The van der Waals surface area contributed by atoms with Crippen LogP contribution in [0.15, 0.2) is 170 Å². The smallest absolute Gasteiger partial charge is 0.00201 e. The topological polar surface area (TPSA) is 0 Å². The zero-order valence-corrected chi connectivity index (χ0v) is 24.2. The first-order chi connectivity index (χ1) is 21.8. The largest absolute Gasteiger partial charge is 0.0622 e. The molecule has 0 unspecified atom stereocenters. The molecule has 0 heteroatoms. The van der Waals surface area contributed by atoms with E-state index < -0.39 is 0 Å². The van der Waals surface area contributed by atoms with Gasteiger partial charge in [-0.05, 0) is 112 Å². The standard InChI is InChI=1S/C44H28/c1-2-11-29(12-3-1)37-18-8-9-19-38(37)44-40(24-23-36-26-32-14-5-7-16-34(32)28-42(36)44)39-20-10-17-30-21-22-35-25-31-13-4-6-15-33(31)27-41(35)43(30)39/h1-28H. The normalized spacial score (nSPS) is 11.6. The molecule has 0 aliphatic heterocycles. The maximum Gasteiger partial charge on any atom is -0.00201 e. The summed E-state index contributed by atoms with van der Waals surface area (Å²) < 4.78 is 0. The van der Waals surface area contributed by atoms with E-state index in [0.717, 1.165) is 0 Å². The first kappa shape index (κ1) is 24.8. The molecule has 0 nitrogen and oxygen atoms in total. The van der Waals surface area contributed by atoms with Crippen LogP contribution < -0.4 is 0 Å². The zero-order valence-electron chi connectivity index (χ0n) is 24.2. The second-order valence-electron chi connectivity index (χ2n) is 11.7. The summed E-state index contributed by atoms with van der Waals surface area (Å²) in [4.78, 5) is 0. The van der Waals surface area contributed by atoms with Gasteiger partial charge in [-0.2, -0.15) is 0 Å². The van der Waals surface area contributed by atoms with Crippen LogP contribution in [0.1, 0.15) is 0 Å². The van der Waals surface area contributed by atoms with Gasteiger partial charge in [0.1, 0.15) is 0 Å². The minimum absolute atomic E-state index is 1.22. The molecule has 0 saturated carbocycles. The molecule has 0 heterocycles. The molecule has 0 fully saturated rings. The number of fused-ring (bicyclic) bond motifs is 6. The molecule has 0 aromatic heterocycles. The van der Waals surface area contributed by atoms with Crippen LogP contribution in [0.5, 0.6) is 0 Å². The average Bonchev–Trinajstić information content (AvgIpc) is 3.09. The van der Waals surface area contributed by atoms with Gasteiger partial charge in [0.25, 0.3) is 0 Å². The van der Waals surface area contributed by atoms with Crippen LogP contribution in [0.4, 0.5) is 0 Å². The van der Waals surface area contributed by atoms with E-state index in [2.05, 4.69) is 170 Å². The van der Waals surface area contributed by atoms with Crippen molar-refractivity contribution in [2.45, 2.75) is 0 Å². The molecule has 0 N–H and O–H groups in total. The Bertz CT molecular complexity index is 2540. The lowest BCUT2D eigenvalue weighted by atomic mass is 9.83. The van der Waals surface area contributed by atoms with Crippen molar-refractivity contribution < 1.29 is 0 Å². The molecule has 9 aromatic carbocycles. The molecule has 0 aliphatic rings. The molecule has 0 spiro atoms. The van der Waals surface area contributed by atoms with Crippen molar-refractivity contribution in [1.29, 1.82) is 0 Å². The molecule has 9 rings (SSSR count). The van der Waals surface area contributed by atoms with Crippen molar-refractivity contribution in [3.63, 3.8) is 0 Å². The maximum atomic E-state index is 2.39. The molecular formula is C44H28. The van der Waals surface area contributed by atoms with E-state index in [0.29, 0.717) is 0 Å². The predicted molar refractivity (Wildman–Crippen MR) is 190 cm³/mol. The maximum absolute atomic E-state index is 2.39. The summed E-state index contributed by atoms with van der Waals surface area (Å²) in [5.74, 6) is 0. The number of rotatable bonds is 3. The Morgan fingerprint density at radius 1 is 0.250 bits per heavy atom. The van der Waals surface area contributed by atoms with Gasteiger partial charge in [-0.3, -0.25) is 0 Å². The molecule has 0 atom stereocenters. The third kappa shape index (κ3) is 3.92. The summed E-state index contributed by atoms with van der Waals surface area (Å²) in [5.41, 5.74) is 7.50. The van der Waals surface area contributed by atoms with Crippen molar-refractivity contribution in [3.8, 4) is 33.4 Å². The van der Waals surface area contributed by atoms with E-state index >= 15 is 0 Å². The third-order valence-corrected chi connectivity index (χ3v) is 9.18. The van der Waals surface area contributed by atoms with Gasteiger partial charge in [-0.15, -0.1) is 0 Å². The lowest BCUT2D eigenvalue weighted by Crippen LogP contribution is -1.93. The second-order valence-corrected chi connectivity index (χ2v) is 11.7. The van der Waals surface area contributed by atoms with Gasteiger partial charge in [-0.1, -0.05) is 146 Å². The Labute approximate surface area is 256 Å². The fraction of sp³-hybridized carbons (Fsp3) is 0. The summed E-state index contributed by atoms with van der Waals surface area (Å²) in [6.45, 7) is 0. The fourth-order valence-corrected chi connectivity index (χ4v) is 7.12. The van der Waals surface area contributed by atoms with Gasteiger partial charge in [0.15, 0.2) is 0 Å². The highest BCUT2D eigenvalue weighted by molar-refractivity contribution is 6.20. The van der Waals surface area contributed by atoms with E-state index in [1.807, 2.05) is 0 Å². The van der Waals surface area contributed by atoms with Crippen LogP contribution in [-0.4, -0.2) is 0 Å². The molecule has 9 aromatic rings. The van der Waals surface area contributed by atoms with Gasteiger partial charge in [0.2, 0.25) is 0 Å². The molecule has 0 radical (unpaired) electrons. The Morgan fingerprint density at radius 2 is 0.750 bits per heavy atom. The number of hydrogen-bond donors (Lipinski definition) is 0. The van der Waals surface area contributed by atoms with Gasteiger partial charge in [0.05, 0.1) is 0 Å².